The number of nitrogens with one attached hydrogen (secondary N) is 2. The van der Waals surface area contributed by atoms with Crippen LogP contribution in [0.15, 0.2) is 109 Å². The second-order valence-corrected chi connectivity index (χ2v) is 11.9. The lowest BCUT2D eigenvalue weighted by atomic mass is 9.95. The molecule has 2 N–H and O–H groups in total. The van der Waals surface area contributed by atoms with E-state index in [1.165, 1.54) is 0 Å². The van der Waals surface area contributed by atoms with Gasteiger partial charge in [0.15, 0.2) is 0 Å². The zero-order valence-electron chi connectivity index (χ0n) is 27.2. The number of amides is 2. The highest BCUT2D eigenvalue weighted by atomic mass is 16.5. The molecule has 6 aromatic rings. The van der Waals surface area contributed by atoms with E-state index in [2.05, 4.69) is 33.6 Å². The third-order valence-electron chi connectivity index (χ3n) is 9.02. The lowest BCUT2D eigenvalue weighted by Crippen LogP contribution is -2.26. The van der Waals surface area contributed by atoms with Crippen molar-refractivity contribution in [3.8, 4) is 11.5 Å². The molecule has 0 radical (unpaired) electrons. The van der Waals surface area contributed by atoms with Crippen LogP contribution in [0, 0.1) is 0 Å². The van der Waals surface area contributed by atoms with E-state index >= 15 is 0 Å². The molecular weight excluding hydrogens is 600 g/mol. The molecule has 0 bridgehead atoms. The molecule has 2 amide bonds. The zero-order chi connectivity index (χ0) is 33.0. The van der Waals surface area contributed by atoms with Gasteiger partial charge in [-0.15, -0.1) is 0 Å². The van der Waals surface area contributed by atoms with Crippen molar-refractivity contribution in [1.82, 2.24) is 19.8 Å². The van der Waals surface area contributed by atoms with Crippen molar-refractivity contribution >= 4 is 44.8 Å². The summed E-state index contributed by atoms with van der Waals surface area (Å²) in [6.45, 7) is 8.63. The van der Waals surface area contributed by atoms with Crippen LogP contribution in [0.4, 0.5) is 0 Å². The van der Waals surface area contributed by atoms with Gasteiger partial charge in [-0.3, -0.25) is 14.9 Å². The quantitative estimate of drug-likeness (QED) is 0.131. The summed E-state index contributed by atoms with van der Waals surface area (Å²) in [6, 6.07) is 31.7. The lowest BCUT2D eigenvalue weighted by Gasteiger charge is -2.18. The Balaban J connectivity index is 1.31. The molecule has 242 valence electrons. The smallest absolute Gasteiger partial charge is 0.259 e. The molecule has 4 aromatic carbocycles. The van der Waals surface area contributed by atoms with Crippen LogP contribution >= 0.6 is 0 Å². The Bertz CT molecular complexity index is 2120. The first-order chi connectivity index (χ1) is 23.5. The number of fused-ring (bicyclic) bond motifs is 2. The monoisotopic (exact) mass is 638 g/mol. The van der Waals surface area contributed by atoms with E-state index < -0.39 is 11.8 Å². The van der Waals surface area contributed by atoms with Crippen molar-refractivity contribution < 1.29 is 19.1 Å². The van der Waals surface area contributed by atoms with E-state index in [0.29, 0.717) is 47.0 Å². The topological polar surface area (TPSA) is 88.6 Å². The number of carbonyl (C=O) groups excluding carboxylic acids is 2. The average Bonchev–Trinajstić information content (AvgIpc) is 3.79. The lowest BCUT2D eigenvalue weighted by molar-refractivity contribution is -0.122. The number of benzene rings is 4. The largest absolute Gasteiger partial charge is 0.489 e. The minimum absolute atomic E-state index is 0.338. The normalized spacial score (nSPS) is 13.2. The number of likely N-dealkylation sites (N-methyl/N-ethyl adjacent to an activating group) is 1. The van der Waals surface area contributed by atoms with E-state index in [4.69, 9.17) is 9.47 Å². The van der Waals surface area contributed by atoms with Gasteiger partial charge in [0.2, 0.25) is 0 Å². The number of ether oxygens (including phenoxy) is 2. The van der Waals surface area contributed by atoms with Gasteiger partial charge in [0.25, 0.3) is 11.8 Å². The fraction of sp³-hybridized carbons (Fsp3) is 0.200. The number of imide groups is 1. The number of hydrogen-bond donors (Lipinski definition) is 2. The molecule has 8 nitrogen and oxygen atoms in total. The minimum atomic E-state index is -0.424. The summed E-state index contributed by atoms with van der Waals surface area (Å²) in [5, 5.41) is 4.24. The van der Waals surface area contributed by atoms with E-state index in [1.807, 2.05) is 103 Å². The molecule has 0 fully saturated rings. The van der Waals surface area contributed by atoms with Crippen LogP contribution in [0.1, 0.15) is 36.1 Å². The Morgan fingerprint density at radius 3 is 1.90 bits per heavy atom. The van der Waals surface area contributed by atoms with Crippen LogP contribution in [0.2, 0.25) is 0 Å². The third kappa shape index (κ3) is 6.22. The number of aromatic nitrogens is 2. The molecule has 7 rings (SSSR count). The van der Waals surface area contributed by atoms with Gasteiger partial charge in [0, 0.05) is 58.4 Å². The van der Waals surface area contributed by atoms with Gasteiger partial charge in [-0.25, -0.2) is 0 Å². The van der Waals surface area contributed by atoms with Crippen LogP contribution in [0.5, 0.6) is 11.5 Å². The van der Waals surface area contributed by atoms with Crippen molar-refractivity contribution in [3.63, 3.8) is 0 Å². The summed E-state index contributed by atoms with van der Waals surface area (Å²) >= 11 is 0. The first-order valence-electron chi connectivity index (χ1n) is 16.4. The predicted molar refractivity (Wildman–Crippen MR) is 190 cm³/mol. The molecule has 0 aliphatic carbocycles. The molecule has 0 unspecified atom stereocenters. The van der Waals surface area contributed by atoms with Gasteiger partial charge in [-0.1, -0.05) is 74.5 Å². The molecule has 8 heteroatoms. The van der Waals surface area contributed by atoms with Crippen molar-refractivity contribution in [2.24, 2.45) is 0 Å². The number of aromatic amines is 1. The van der Waals surface area contributed by atoms with Crippen molar-refractivity contribution in [1.29, 1.82) is 0 Å². The van der Waals surface area contributed by atoms with Gasteiger partial charge in [0.1, 0.15) is 24.7 Å². The van der Waals surface area contributed by atoms with Gasteiger partial charge >= 0.3 is 0 Å². The van der Waals surface area contributed by atoms with Gasteiger partial charge in [-0.2, -0.15) is 0 Å². The van der Waals surface area contributed by atoms with E-state index in [9.17, 15) is 9.59 Å². The Morgan fingerprint density at radius 1 is 0.688 bits per heavy atom. The fourth-order valence-corrected chi connectivity index (χ4v) is 6.39. The van der Waals surface area contributed by atoms with Crippen LogP contribution < -0.4 is 14.8 Å². The Labute approximate surface area is 279 Å². The Hall–Kier alpha value is -5.60. The number of hydrogen-bond acceptors (Lipinski definition) is 5. The second-order valence-electron chi connectivity index (χ2n) is 11.9. The van der Waals surface area contributed by atoms with E-state index in [0.717, 1.165) is 59.1 Å². The van der Waals surface area contributed by atoms with E-state index in [1.54, 1.807) is 6.20 Å². The Morgan fingerprint density at radius 2 is 1.27 bits per heavy atom. The fourth-order valence-electron chi connectivity index (χ4n) is 6.39. The van der Waals surface area contributed by atoms with E-state index in [-0.39, 0.29) is 0 Å². The van der Waals surface area contributed by atoms with Gasteiger partial charge < -0.3 is 23.9 Å². The number of H-pyrrole nitrogens is 1. The predicted octanol–water partition coefficient (Wildman–Crippen LogP) is 7.19. The maximum absolute atomic E-state index is 13.7. The number of carbonyl (C=O) groups is 2. The van der Waals surface area contributed by atoms with Crippen LogP contribution in [0.3, 0.4) is 0 Å². The van der Waals surface area contributed by atoms with Gasteiger partial charge in [0.05, 0.1) is 11.1 Å². The molecule has 0 saturated carbocycles. The van der Waals surface area contributed by atoms with Crippen molar-refractivity contribution in [2.45, 2.75) is 33.6 Å². The zero-order valence-corrected chi connectivity index (χ0v) is 27.2. The van der Waals surface area contributed by atoms with Gasteiger partial charge in [-0.05, 0) is 60.6 Å². The molecule has 0 spiro atoms. The molecule has 0 saturated heterocycles. The molecule has 0 atom stereocenters. The first-order valence-corrected chi connectivity index (χ1v) is 16.4. The highest BCUT2D eigenvalue weighted by molar-refractivity contribution is 6.50. The molecule has 48 heavy (non-hydrogen) atoms. The van der Waals surface area contributed by atoms with Crippen LogP contribution in [0.25, 0.3) is 33.0 Å². The Kier molecular flexibility index (Phi) is 8.81. The molecule has 1 aliphatic rings. The standard InChI is InChI=1S/C40H38N4O4/c1-3-43(4-2)19-20-44-24-34(32-22-30(16-18-36(32)44)48-26-28-13-9-6-10-14-28)38-37(39(45)42-40(38)46)33-23-41-35-17-15-29(21-31(33)35)47-25-27-11-7-5-8-12-27/h5-18,21-24,41H,3-4,19-20,25-26H2,1-2H3,(H,42,45,46). The minimum Gasteiger partial charge on any atom is -0.489 e. The highest BCUT2D eigenvalue weighted by Crippen LogP contribution is 2.40. The summed E-state index contributed by atoms with van der Waals surface area (Å²) in [7, 11) is 0. The maximum Gasteiger partial charge on any atom is 0.259 e. The van der Waals surface area contributed by atoms with Crippen LogP contribution in [-0.4, -0.2) is 45.9 Å². The summed E-state index contributed by atoms with van der Waals surface area (Å²) in [4.78, 5) is 32.9. The number of rotatable bonds is 13. The summed E-state index contributed by atoms with van der Waals surface area (Å²) in [5.41, 5.74) is 5.96. The summed E-state index contributed by atoms with van der Waals surface area (Å²) < 4.78 is 14.5. The first kappa shape index (κ1) is 31.0. The average molecular weight is 639 g/mol. The van der Waals surface area contributed by atoms with Crippen LogP contribution in [-0.2, 0) is 29.3 Å². The third-order valence-corrected chi connectivity index (χ3v) is 9.02. The van der Waals surface area contributed by atoms with Crippen molar-refractivity contribution in [2.75, 3.05) is 19.6 Å². The molecule has 3 heterocycles. The molecule has 2 aromatic heterocycles. The molecule has 1 aliphatic heterocycles. The summed E-state index contributed by atoms with van der Waals surface area (Å²) in [5.74, 6) is 0.520. The SMILES string of the molecule is CCN(CC)CCn1cc(C2=C(c3c[nH]c4ccc(OCc5ccccc5)cc34)C(=O)NC2=O)c2cc(OCc3ccccc3)ccc21. The number of nitrogens with zero attached hydrogens (tertiary/aromatic N) is 2. The van der Waals surface area contributed by atoms with Crippen molar-refractivity contribution in [3.05, 3.63) is 132 Å². The highest BCUT2D eigenvalue weighted by Gasteiger charge is 2.35. The second kappa shape index (κ2) is 13.6. The molecular formula is C40H38N4O4. The summed E-state index contributed by atoms with van der Waals surface area (Å²) in [6.07, 6.45) is 3.80. The maximum atomic E-state index is 13.7.